The Hall–Kier alpha value is -1.02. The van der Waals surface area contributed by atoms with Gasteiger partial charge >= 0.3 is 0 Å². The molecule has 2 aliphatic rings. The van der Waals surface area contributed by atoms with Gasteiger partial charge in [-0.3, -0.25) is 0 Å². The molecule has 19 heavy (non-hydrogen) atoms. The number of hydrogen-bond donors (Lipinski definition) is 1. The molecular weight excluding hydrogens is 236 g/mol. The maximum absolute atomic E-state index is 10.8. The summed E-state index contributed by atoms with van der Waals surface area (Å²) in [6, 6.07) is 8.17. The summed E-state index contributed by atoms with van der Waals surface area (Å²) in [5.41, 5.74) is 1.20. The second kappa shape index (κ2) is 5.54. The van der Waals surface area contributed by atoms with Crippen molar-refractivity contribution in [1.29, 1.82) is 0 Å². The molecule has 1 aliphatic carbocycles. The van der Waals surface area contributed by atoms with E-state index in [0.717, 1.165) is 11.7 Å². The van der Waals surface area contributed by atoms with Crippen LogP contribution >= 0.6 is 0 Å². The molecule has 1 aromatic carbocycles. The van der Waals surface area contributed by atoms with Crippen LogP contribution in [0.25, 0.3) is 0 Å². The second-order valence-electron chi connectivity index (χ2n) is 6.15. The van der Waals surface area contributed by atoms with Gasteiger partial charge < -0.3 is 9.84 Å². The Bertz CT molecular complexity index is 429. The van der Waals surface area contributed by atoms with Crippen LogP contribution in [0.1, 0.15) is 50.5 Å². The molecule has 1 N–H and O–H groups in total. The molecule has 4 atom stereocenters. The van der Waals surface area contributed by atoms with E-state index in [0.29, 0.717) is 12.5 Å². The minimum atomic E-state index is -0.238. The van der Waals surface area contributed by atoms with E-state index in [9.17, 15) is 5.11 Å². The molecule has 1 heterocycles. The van der Waals surface area contributed by atoms with Crippen LogP contribution in [0, 0.1) is 11.8 Å². The Kier molecular flexibility index (Phi) is 3.79. The Morgan fingerprint density at radius 2 is 2.16 bits per heavy atom. The first-order valence-corrected chi connectivity index (χ1v) is 7.69. The van der Waals surface area contributed by atoms with Crippen LogP contribution in [0.5, 0.6) is 5.75 Å². The SMILES string of the molecule is CCC1CCCC(C(O)C2COc3ccccc32)C1. The number of benzene rings is 1. The van der Waals surface area contributed by atoms with Gasteiger partial charge in [0, 0.05) is 11.5 Å². The van der Waals surface area contributed by atoms with Crippen LogP contribution < -0.4 is 4.74 Å². The highest BCUT2D eigenvalue weighted by atomic mass is 16.5. The monoisotopic (exact) mass is 260 g/mol. The summed E-state index contributed by atoms with van der Waals surface area (Å²) >= 11 is 0. The predicted molar refractivity (Wildman–Crippen MR) is 76.4 cm³/mol. The molecule has 0 spiro atoms. The first kappa shape index (κ1) is 13.0. The summed E-state index contributed by atoms with van der Waals surface area (Å²) in [4.78, 5) is 0. The van der Waals surface area contributed by atoms with Crippen molar-refractivity contribution in [1.82, 2.24) is 0 Å². The van der Waals surface area contributed by atoms with Crippen molar-refractivity contribution >= 4 is 0 Å². The average molecular weight is 260 g/mol. The topological polar surface area (TPSA) is 29.5 Å². The zero-order valence-electron chi connectivity index (χ0n) is 11.7. The lowest BCUT2D eigenvalue weighted by molar-refractivity contribution is 0.0407. The maximum atomic E-state index is 10.8. The van der Waals surface area contributed by atoms with E-state index in [2.05, 4.69) is 13.0 Å². The van der Waals surface area contributed by atoms with Crippen LogP contribution in [-0.4, -0.2) is 17.8 Å². The minimum absolute atomic E-state index is 0.178. The van der Waals surface area contributed by atoms with Crippen LogP contribution in [0.15, 0.2) is 24.3 Å². The summed E-state index contributed by atoms with van der Waals surface area (Å²) in [6.07, 6.45) is 6.00. The Morgan fingerprint density at radius 1 is 1.32 bits per heavy atom. The lowest BCUT2D eigenvalue weighted by atomic mass is 9.74. The van der Waals surface area contributed by atoms with E-state index in [4.69, 9.17) is 4.74 Å². The second-order valence-corrected chi connectivity index (χ2v) is 6.15. The average Bonchev–Trinajstić information content (AvgIpc) is 2.90. The number of aliphatic hydroxyl groups is 1. The van der Waals surface area contributed by atoms with Gasteiger partial charge in [-0.15, -0.1) is 0 Å². The first-order valence-electron chi connectivity index (χ1n) is 7.69. The van der Waals surface area contributed by atoms with Crippen molar-refractivity contribution in [3.63, 3.8) is 0 Å². The van der Waals surface area contributed by atoms with Gasteiger partial charge in [-0.1, -0.05) is 44.4 Å². The van der Waals surface area contributed by atoms with E-state index in [1.807, 2.05) is 18.2 Å². The lowest BCUT2D eigenvalue weighted by Gasteiger charge is -2.34. The highest BCUT2D eigenvalue weighted by Crippen LogP contribution is 2.42. The van der Waals surface area contributed by atoms with Crippen molar-refractivity contribution in [3.05, 3.63) is 29.8 Å². The highest BCUT2D eigenvalue weighted by molar-refractivity contribution is 5.40. The highest BCUT2D eigenvalue weighted by Gasteiger charge is 2.36. The lowest BCUT2D eigenvalue weighted by Crippen LogP contribution is -2.32. The molecular formula is C17H24O2. The van der Waals surface area contributed by atoms with Gasteiger partial charge in [-0.25, -0.2) is 0 Å². The summed E-state index contributed by atoms with van der Waals surface area (Å²) in [7, 11) is 0. The number of hydrogen-bond acceptors (Lipinski definition) is 2. The smallest absolute Gasteiger partial charge is 0.123 e. The van der Waals surface area contributed by atoms with Crippen LogP contribution in [0.2, 0.25) is 0 Å². The molecule has 0 aromatic heterocycles. The molecule has 1 aromatic rings. The number of fused-ring (bicyclic) bond motifs is 1. The van der Waals surface area contributed by atoms with E-state index in [-0.39, 0.29) is 12.0 Å². The largest absolute Gasteiger partial charge is 0.493 e. The van der Waals surface area contributed by atoms with Crippen molar-refractivity contribution in [3.8, 4) is 5.75 Å². The quantitative estimate of drug-likeness (QED) is 0.897. The number of rotatable bonds is 3. The van der Waals surface area contributed by atoms with Gasteiger partial charge in [0.05, 0.1) is 12.7 Å². The number of ether oxygens (including phenoxy) is 1. The van der Waals surface area contributed by atoms with Crippen molar-refractivity contribution < 1.29 is 9.84 Å². The molecule has 0 bridgehead atoms. The molecule has 2 nitrogen and oxygen atoms in total. The molecule has 0 radical (unpaired) electrons. The Labute approximate surface area is 115 Å². The third-order valence-corrected chi connectivity index (χ3v) is 5.03. The van der Waals surface area contributed by atoms with Gasteiger partial charge in [-0.05, 0) is 30.7 Å². The third-order valence-electron chi connectivity index (χ3n) is 5.03. The third kappa shape index (κ3) is 2.51. The molecule has 104 valence electrons. The van der Waals surface area contributed by atoms with Crippen LogP contribution in [-0.2, 0) is 0 Å². The number of aliphatic hydroxyl groups excluding tert-OH is 1. The van der Waals surface area contributed by atoms with E-state index < -0.39 is 0 Å². The van der Waals surface area contributed by atoms with Gasteiger partial charge in [0.1, 0.15) is 5.75 Å². The van der Waals surface area contributed by atoms with Gasteiger partial charge in [-0.2, -0.15) is 0 Å². The van der Waals surface area contributed by atoms with E-state index in [1.54, 1.807) is 0 Å². The van der Waals surface area contributed by atoms with Crippen LogP contribution in [0.3, 0.4) is 0 Å². The Balaban J connectivity index is 1.72. The molecule has 0 saturated heterocycles. The maximum Gasteiger partial charge on any atom is 0.123 e. The Morgan fingerprint density at radius 3 is 3.00 bits per heavy atom. The molecule has 1 fully saturated rings. The molecule has 1 saturated carbocycles. The normalized spacial score (nSPS) is 31.6. The summed E-state index contributed by atoms with van der Waals surface area (Å²) < 4.78 is 5.72. The standard InChI is InChI=1S/C17H24O2/c1-2-12-6-5-7-13(10-12)17(18)15-11-19-16-9-4-3-8-14(15)16/h3-4,8-9,12-13,15,17-18H,2,5-7,10-11H2,1H3. The van der Waals surface area contributed by atoms with Crippen molar-refractivity contribution in [2.75, 3.05) is 6.61 Å². The zero-order valence-corrected chi connectivity index (χ0v) is 11.7. The molecule has 1 aliphatic heterocycles. The van der Waals surface area contributed by atoms with Gasteiger partial charge in [0.15, 0.2) is 0 Å². The van der Waals surface area contributed by atoms with Crippen molar-refractivity contribution in [2.24, 2.45) is 11.8 Å². The van der Waals surface area contributed by atoms with Gasteiger partial charge in [0.25, 0.3) is 0 Å². The molecule has 2 heteroatoms. The molecule has 3 rings (SSSR count). The predicted octanol–water partition coefficient (Wildman–Crippen LogP) is 3.74. The van der Waals surface area contributed by atoms with Crippen molar-refractivity contribution in [2.45, 2.75) is 51.0 Å². The van der Waals surface area contributed by atoms with E-state index >= 15 is 0 Å². The fourth-order valence-electron chi connectivity index (χ4n) is 3.81. The molecule has 4 unspecified atom stereocenters. The van der Waals surface area contributed by atoms with Crippen LogP contribution in [0.4, 0.5) is 0 Å². The fourth-order valence-corrected chi connectivity index (χ4v) is 3.81. The summed E-state index contributed by atoms with van der Waals surface area (Å²) in [5.74, 6) is 2.41. The van der Waals surface area contributed by atoms with E-state index in [1.165, 1.54) is 37.7 Å². The first-order chi connectivity index (χ1) is 9.29. The summed E-state index contributed by atoms with van der Waals surface area (Å²) in [5, 5.41) is 10.8. The molecule has 0 amide bonds. The number of para-hydroxylation sites is 1. The minimum Gasteiger partial charge on any atom is -0.493 e. The van der Waals surface area contributed by atoms with Gasteiger partial charge in [0.2, 0.25) is 0 Å². The zero-order chi connectivity index (χ0) is 13.2. The summed E-state index contributed by atoms with van der Waals surface area (Å²) in [6.45, 7) is 2.92. The fraction of sp³-hybridized carbons (Fsp3) is 0.647.